The summed E-state index contributed by atoms with van der Waals surface area (Å²) in [4.78, 5) is 7.22. The number of ether oxygens (including phenoxy) is 1. The Morgan fingerprint density at radius 3 is 2.89 bits per heavy atom. The highest BCUT2D eigenvalue weighted by atomic mass is 16.5. The first-order valence-corrected chi connectivity index (χ1v) is 5.67. The number of nitrogen functional groups attached to an aromatic ring is 1. The fourth-order valence-electron chi connectivity index (χ4n) is 2.19. The fourth-order valence-corrected chi connectivity index (χ4v) is 2.19. The number of nitrogens with zero attached hydrogens (tertiary/aromatic N) is 2. The minimum Gasteiger partial charge on any atom is -0.440 e. The Hall–Kier alpha value is -2.94. The molecule has 3 rings (SSSR count). The third kappa shape index (κ3) is 1.68. The van der Waals surface area contributed by atoms with E-state index < -0.39 is 0 Å². The Labute approximate surface area is 109 Å². The van der Waals surface area contributed by atoms with Gasteiger partial charge in [-0.1, -0.05) is 6.07 Å². The molecule has 0 saturated heterocycles. The second-order valence-electron chi connectivity index (χ2n) is 4.20. The van der Waals surface area contributed by atoms with Crippen molar-refractivity contribution >= 4 is 5.69 Å². The third-order valence-corrected chi connectivity index (χ3v) is 3.04. The Morgan fingerprint density at radius 2 is 2.21 bits per heavy atom. The van der Waals surface area contributed by atoms with Crippen molar-refractivity contribution in [3.63, 3.8) is 0 Å². The quantitative estimate of drug-likeness (QED) is 0.661. The lowest BCUT2D eigenvalue weighted by Gasteiger charge is -2.24. The highest BCUT2D eigenvalue weighted by Crippen LogP contribution is 2.41. The molecule has 1 aromatic heterocycles. The van der Waals surface area contributed by atoms with Crippen LogP contribution in [0, 0.1) is 11.3 Å². The predicted molar refractivity (Wildman–Crippen MR) is 68.7 cm³/mol. The normalized spacial score (nSPS) is 17.5. The zero-order valence-electron chi connectivity index (χ0n) is 9.92. The second kappa shape index (κ2) is 4.07. The van der Waals surface area contributed by atoms with Crippen LogP contribution in [0.3, 0.4) is 0 Å². The summed E-state index contributed by atoms with van der Waals surface area (Å²) >= 11 is 0. The number of imidazole rings is 1. The zero-order valence-corrected chi connectivity index (χ0v) is 9.92. The van der Waals surface area contributed by atoms with Crippen molar-refractivity contribution in [1.82, 2.24) is 9.97 Å². The van der Waals surface area contributed by atoms with Crippen LogP contribution in [0.5, 0.6) is 5.75 Å². The topological polar surface area (TPSA) is 114 Å². The first-order chi connectivity index (χ1) is 9.20. The van der Waals surface area contributed by atoms with Crippen molar-refractivity contribution in [1.29, 1.82) is 5.26 Å². The number of nitrogens with two attached hydrogens (primary N) is 2. The maximum atomic E-state index is 9.28. The SMILES string of the molecule is N#CC1=C(N)Oc2cc(N)ccc2C1c1ncc[nH]1. The zero-order chi connectivity index (χ0) is 13.4. The number of aromatic nitrogens is 2. The summed E-state index contributed by atoms with van der Waals surface area (Å²) in [5.74, 6) is 0.929. The first kappa shape index (κ1) is 11.2. The molecule has 0 radical (unpaired) electrons. The number of hydrogen-bond donors (Lipinski definition) is 3. The summed E-state index contributed by atoms with van der Waals surface area (Å²) in [6.07, 6.45) is 3.33. The van der Waals surface area contributed by atoms with Crippen LogP contribution in [0.15, 0.2) is 42.0 Å². The molecule has 0 aliphatic carbocycles. The molecule has 1 aliphatic rings. The number of rotatable bonds is 1. The number of H-pyrrole nitrogens is 1. The van der Waals surface area contributed by atoms with E-state index in [0.717, 1.165) is 5.56 Å². The van der Waals surface area contributed by atoms with Crippen LogP contribution in [0.2, 0.25) is 0 Å². The Morgan fingerprint density at radius 1 is 1.37 bits per heavy atom. The van der Waals surface area contributed by atoms with E-state index in [0.29, 0.717) is 22.8 Å². The molecule has 2 aromatic rings. The van der Waals surface area contributed by atoms with Gasteiger partial charge in [0.1, 0.15) is 23.2 Å². The van der Waals surface area contributed by atoms with Crippen LogP contribution in [0.1, 0.15) is 17.3 Å². The van der Waals surface area contributed by atoms with Crippen molar-refractivity contribution in [2.45, 2.75) is 5.92 Å². The smallest absolute Gasteiger partial charge is 0.205 e. The second-order valence-corrected chi connectivity index (χ2v) is 4.20. The van der Waals surface area contributed by atoms with Crippen LogP contribution in [-0.2, 0) is 0 Å². The molecule has 1 unspecified atom stereocenters. The molecule has 0 spiro atoms. The average Bonchev–Trinajstić information content (AvgIpc) is 2.90. The van der Waals surface area contributed by atoms with Gasteiger partial charge in [-0.15, -0.1) is 0 Å². The molecule has 6 heteroatoms. The van der Waals surface area contributed by atoms with E-state index in [2.05, 4.69) is 16.0 Å². The van der Waals surface area contributed by atoms with Gasteiger partial charge in [-0.05, 0) is 6.07 Å². The number of aromatic amines is 1. The number of nitrogens with one attached hydrogen (secondary N) is 1. The molecule has 0 fully saturated rings. The van der Waals surface area contributed by atoms with E-state index in [9.17, 15) is 5.26 Å². The molecule has 94 valence electrons. The van der Waals surface area contributed by atoms with E-state index in [-0.39, 0.29) is 11.8 Å². The van der Waals surface area contributed by atoms with Gasteiger partial charge in [0.2, 0.25) is 5.88 Å². The molecule has 6 nitrogen and oxygen atoms in total. The van der Waals surface area contributed by atoms with Crippen molar-refractivity contribution in [3.05, 3.63) is 53.4 Å². The molecule has 0 saturated carbocycles. The molecule has 0 amide bonds. The van der Waals surface area contributed by atoms with Crippen molar-refractivity contribution in [3.8, 4) is 11.8 Å². The number of benzene rings is 1. The highest BCUT2D eigenvalue weighted by molar-refractivity contribution is 5.58. The minimum absolute atomic E-state index is 0.0852. The summed E-state index contributed by atoms with van der Waals surface area (Å²) in [6, 6.07) is 7.35. The van der Waals surface area contributed by atoms with Gasteiger partial charge in [0, 0.05) is 29.7 Å². The Balaban J connectivity index is 2.23. The van der Waals surface area contributed by atoms with Crippen LogP contribution in [0.25, 0.3) is 0 Å². The fraction of sp³-hybridized carbons (Fsp3) is 0.0769. The minimum atomic E-state index is -0.357. The van der Waals surface area contributed by atoms with E-state index in [1.54, 1.807) is 24.5 Å². The maximum absolute atomic E-state index is 9.28. The van der Waals surface area contributed by atoms with Crippen LogP contribution in [-0.4, -0.2) is 9.97 Å². The van der Waals surface area contributed by atoms with Crippen molar-refractivity contribution < 1.29 is 4.74 Å². The van der Waals surface area contributed by atoms with E-state index >= 15 is 0 Å². The van der Waals surface area contributed by atoms with Gasteiger partial charge >= 0.3 is 0 Å². The lowest BCUT2D eigenvalue weighted by atomic mass is 9.88. The van der Waals surface area contributed by atoms with Crippen LogP contribution >= 0.6 is 0 Å². The number of allylic oxidation sites excluding steroid dienone is 1. The molecule has 1 atom stereocenters. The summed E-state index contributed by atoms with van der Waals surface area (Å²) in [6.45, 7) is 0. The van der Waals surface area contributed by atoms with Crippen molar-refractivity contribution in [2.24, 2.45) is 5.73 Å². The van der Waals surface area contributed by atoms with Gasteiger partial charge in [0.25, 0.3) is 0 Å². The van der Waals surface area contributed by atoms with Gasteiger partial charge in [-0.25, -0.2) is 4.98 Å². The molecule has 1 aliphatic heterocycles. The molecule has 1 aromatic carbocycles. The van der Waals surface area contributed by atoms with Gasteiger partial charge in [0.15, 0.2) is 0 Å². The van der Waals surface area contributed by atoms with Gasteiger partial charge in [-0.2, -0.15) is 5.26 Å². The van der Waals surface area contributed by atoms with E-state index in [1.807, 2.05) is 6.07 Å². The summed E-state index contributed by atoms with van der Waals surface area (Å²) in [7, 11) is 0. The number of anilines is 1. The summed E-state index contributed by atoms with van der Waals surface area (Å²) < 4.78 is 5.46. The summed E-state index contributed by atoms with van der Waals surface area (Å²) in [5, 5.41) is 9.28. The molecule has 0 bridgehead atoms. The highest BCUT2D eigenvalue weighted by Gasteiger charge is 2.32. The van der Waals surface area contributed by atoms with Gasteiger partial charge in [-0.3, -0.25) is 0 Å². The number of fused-ring (bicyclic) bond motifs is 1. The monoisotopic (exact) mass is 253 g/mol. The average molecular weight is 253 g/mol. The number of hydrogen-bond acceptors (Lipinski definition) is 5. The molecular weight excluding hydrogens is 242 g/mol. The van der Waals surface area contributed by atoms with Crippen molar-refractivity contribution in [2.75, 3.05) is 5.73 Å². The molecular formula is C13H11N5O. The Bertz CT molecular complexity index is 696. The van der Waals surface area contributed by atoms with Crippen LogP contribution < -0.4 is 16.2 Å². The van der Waals surface area contributed by atoms with Crippen LogP contribution in [0.4, 0.5) is 5.69 Å². The van der Waals surface area contributed by atoms with E-state index in [1.165, 1.54) is 0 Å². The van der Waals surface area contributed by atoms with Gasteiger partial charge < -0.3 is 21.2 Å². The largest absolute Gasteiger partial charge is 0.440 e. The number of nitriles is 1. The maximum Gasteiger partial charge on any atom is 0.205 e. The van der Waals surface area contributed by atoms with E-state index in [4.69, 9.17) is 16.2 Å². The Kier molecular flexibility index (Phi) is 2.39. The molecule has 19 heavy (non-hydrogen) atoms. The lowest BCUT2D eigenvalue weighted by Crippen LogP contribution is -2.21. The van der Waals surface area contributed by atoms with Gasteiger partial charge in [0.05, 0.1) is 5.92 Å². The third-order valence-electron chi connectivity index (χ3n) is 3.04. The first-order valence-electron chi connectivity index (χ1n) is 5.67. The standard InChI is InChI=1S/C13H11N5O/c14-6-9-11(13-17-3-4-18-13)8-2-1-7(15)5-10(8)19-12(9)16/h1-5,11H,15-16H2,(H,17,18). The molecule has 5 N–H and O–H groups in total. The predicted octanol–water partition coefficient (Wildman–Crippen LogP) is 1.21. The lowest BCUT2D eigenvalue weighted by molar-refractivity contribution is 0.392. The molecule has 2 heterocycles. The summed E-state index contributed by atoms with van der Waals surface area (Å²) in [5.41, 5.74) is 13.3.